The molecule has 5 aliphatic rings. The van der Waals surface area contributed by atoms with Gasteiger partial charge >= 0.3 is 190 Å². The van der Waals surface area contributed by atoms with Crippen LogP contribution in [-0.4, -0.2) is 95.7 Å². The van der Waals surface area contributed by atoms with Crippen LogP contribution in [0.15, 0.2) is 38.4 Å². The summed E-state index contributed by atoms with van der Waals surface area (Å²) in [4.78, 5) is 59.9. The number of aromatic amines is 1. The van der Waals surface area contributed by atoms with Gasteiger partial charge in [0.05, 0.1) is 61.1 Å². The number of nitrogens with zero attached hydrogens (tertiary/aromatic N) is 3. The molecule has 0 unspecified atom stereocenters. The van der Waals surface area contributed by atoms with E-state index < -0.39 is 63.5 Å². The molecule has 23 nitrogen and oxygen atoms in total. The third kappa shape index (κ3) is 9.40. The van der Waals surface area contributed by atoms with Gasteiger partial charge in [0.15, 0.2) is 0 Å². The summed E-state index contributed by atoms with van der Waals surface area (Å²) in [5.41, 5.74) is 7.09. The molecule has 10 rings (SSSR count). The van der Waals surface area contributed by atoms with Crippen LogP contribution in [0.25, 0.3) is 33.1 Å². The van der Waals surface area contributed by atoms with Gasteiger partial charge in [-0.2, -0.15) is 0 Å². The first-order valence-electron chi connectivity index (χ1n) is 24.4. The van der Waals surface area contributed by atoms with Crippen LogP contribution in [0.5, 0.6) is 0 Å². The maximum absolute atomic E-state index is 14.1. The number of hydrogen-bond acceptors (Lipinski definition) is 18. The van der Waals surface area contributed by atoms with Crippen molar-refractivity contribution in [1.82, 2.24) is 14.9 Å². The van der Waals surface area contributed by atoms with Crippen molar-refractivity contribution in [3.8, 4) is 23.0 Å². The predicted octanol–water partition coefficient (Wildman–Crippen LogP) is 8.86. The third-order valence-corrected chi connectivity index (χ3v) is 24.9. The smallest absolute Gasteiger partial charge is 0.366 e. The van der Waals surface area contributed by atoms with E-state index >= 15 is 0 Å². The fraction of sp³-hybridized carbons (Fsp3) is 0.438. The van der Waals surface area contributed by atoms with Crippen molar-refractivity contribution in [2.75, 3.05) is 62.3 Å². The number of nitrogens with one attached hydrogen (secondary N) is 2. The van der Waals surface area contributed by atoms with Crippen LogP contribution in [-0.2, 0) is 78.7 Å². The largest absolute Gasteiger partial charge is 0.478 e. The molecular weight excluding hydrogens is 1100 g/mol. The maximum atomic E-state index is 14.1. The number of carbonyl (C=O) groups is 2. The summed E-state index contributed by atoms with van der Waals surface area (Å²) in [5.74, 6) is 3.62. The monoisotopic (exact) mass is 1150 g/mol. The second kappa shape index (κ2) is 21.8. The molecule has 0 aliphatic carbocycles. The molecule has 3 aromatic carbocycles. The fourth-order valence-electron chi connectivity index (χ4n) is 11.2. The number of halogens is 2. The van der Waals surface area contributed by atoms with Crippen LogP contribution < -0.4 is 26.4 Å². The maximum Gasteiger partial charge on any atom is 0.366 e. The molecule has 0 saturated carbocycles. The molecule has 76 heavy (non-hydrogen) atoms. The molecule has 5 N–H and O–H groups in total. The van der Waals surface area contributed by atoms with Crippen molar-refractivity contribution in [2.45, 2.75) is 83.0 Å². The number of H-pyrrole nitrogens is 1. The first kappa shape index (κ1) is 54.0. The van der Waals surface area contributed by atoms with Gasteiger partial charge in [0, 0.05) is 43.9 Å². The van der Waals surface area contributed by atoms with E-state index in [0.29, 0.717) is 27.5 Å². The average Bonchev–Trinajstić information content (AvgIpc) is 4.00. The van der Waals surface area contributed by atoms with Crippen LogP contribution in [0.4, 0.5) is 11.4 Å². The number of amides is 1. The van der Waals surface area contributed by atoms with Gasteiger partial charge in [-0.3, -0.25) is 4.79 Å². The minimum absolute atomic E-state index is 0.0141. The van der Waals surface area contributed by atoms with E-state index in [1.807, 2.05) is 0 Å². The van der Waals surface area contributed by atoms with Crippen molar-refractivity contribution in [3.05, 3.63) is 94.2 Å². The number of carboxylic acid groups (broad SMARTS) is 1. The van der Waals surface area contributed by atoms with E-state index in [0.717, 1.165) is 104 Å². The molecule has 2 atom stereocenters. The summed E-state index contributed by atoms with van der Waals surface area (Å²) in [6.07, 6.45) is 6.09. The van der Waals surface area contributed by atoms with Crippen molar-refractivity contribution in [3.63, 3.8) is 0 Å². The summed E-state index contributed by atoms with van der Waals surface area (Å²) in [5, 5.41) is 36.1. The Hall–Kier alpha value is -5.40. The van der Waals surface area contributed by atoms with Crippen LogP contribution in [0.2, 0.25) is 10.0 Å². The number of ether oxygens (including phenoxy) is 2. The van der Waals surface area contributed by atoms with Gasteiger partial charge < -0.3 is 25.0 Å². The topological polar surface area (TPSA) is 303 Å². The van der Waals surface area contributed by atoms with E-state index in [1.54, 1.807) is 0 Å². The number of aromatic nitrogens is 2. The van der Waals surface area contributed by atoms with Crippen LogP contribution in [0.1, 0.15) is 93.3 Å². The van der Waals surface area contributed by atoms with Gasteiger partial charge in [-0.05, 0) is 80.7 Å². The molecule has 5 aromatic rings. The first-order valence-corrected chi connectivity index (χ1v) is 30.9. The Morgan fingerprint density at radius 2 is 1.49 bits per heavy atom. The SMILES string of the molecule is O=C(NCCOCC#CCc1cn([C@H]2CC[C@@H](COP(OO)(OOO)(P(=O)=O)P(=O)=O)O2)c(=O)[nH]c1=O)c1cc(Cl)c(C(=O)O)c(-c2c3cc4c5c(c3[o+]c3c6c7c(cc23)CCCN7CCC6)CCCN5CCC4)c1Cl. The zero-order valence-electron chi connectivity index (χ0n) is 40.3. The second-order valence-electron chi connectivity index (χ2n) is 18.9. The quantitative estimate of drug-likeness (QED) is 0.0110. The zero-order valence-corrected chi connectivity index (χ0v) is 44.5. The molecule has 5 aliphatic heterocycles. The Labute approximate surface area is 441 Å². The molecule has 1 fully saturated rings. The third-order valence-electron chi connectivity index (χ3n) is 14.5. The van der Waals surface area contributed by atoms with E-state index in [-0.39, 0.29) is 71.3 Å². The minimum Gasteiger partial charge on any atom is -0.478 e. The number of aromatic carboxylic acids is 1. The van der Waals surface area contributed by atoms with Gasteiger partial charge in [-0.15, -0.1) is 0 Å². The Morgan fingerprint density at radius 3 is 2.07 bits per heavy atom. The summed E-state index contributed by atoms with van der Waals surface area (Å²) in [6, 6.07) is 5.49. The van der Waals surface area contributed by atoms with Crippen molar-refractivity contribution >= 4 is 89.8 Å². The Morgan fingerprint density at radius 1 is 0.868 bits per heavy atom. The number of benzene rings is 3. The van der Waals surface area contributed by atoms with Crippen molar-refractivity contribution < 1.29 is 76.3 Å². The minimum atomic E-state index is -6.54. The molecule has 0 radical (unpaired) electrons. The summed E-state index contributed by atoms with van der Waals surface area (Å²) in [7, 11) is -8.80. The molecular formula is C48H49Cl2N5O18P3+. The molecule has 1 saturated heterocycles. The average molecular weight is 1150 g/mol. The van der Waals surface area contributed by atoms with Gasteiger partial charge in [0.1, 0.15) is 0 Å². The van der Waals surface area contributed by atoms with Crippen molar-refractivity contribution in [2.24, 2.45) is 0 Å². The Bertz CT molecular complexity index is 3460. The molecule has 402 valence electrons. The molecule has 2 aromatic heterocycles. The summed E-state index contributed by atoms with van der Waals surface area (Å²) in [6.45, 7) is -3.83. The number of carboxylic acids is 1. The number of anilines is 2. The summed E-state index contributed by atoms with van der Waals surface area (Å²) < 4.78 is 79.8. The van der Waals surface area contributed by atoms with Gasteiger partial charge in [0.25, 0.3) is 5.91 Å². The van der Waals surface area contributed by atoms with E-state index in [1.165, 1.54) is 23.6 Å². The standard InChI is InChI=1S/C48H48Cl2N5O18P3/c49-35-23-34(46(57)51-14-20-67-19-2-1-7-28-24-55(48(60)52-45(28)56)36-13-12-29(69-36)25-68-76(72-62,73-71-61,74(63)64)75(65)66)40(50)39(38(35)47(58)59)37-32-21-26-8-3-15-53-17-5-10-30(41(26)53)43(32)70-44-31-11-6-18-54-16-4-9-27(42(31)54)22-33(37)44/h21-24,29,36H,3-20,25H2,(H4-,51,52,56,57,58,59,60,61,62)/p+1/t29-,36+/m0/s1. The first-order chi connectivity index (χ1) is 36.6. The summed E-state index contributed by atoms with van der Waals surface area (Å²) >= 11 is 14.3. The second-order valence-corrected chi connectivity index (χ2v) is 29.8. The van der Waals surface area contributed by atoms with Gasteiger partial charge in [-0.1, -0.05) is 23.2 Å². The molecule has 0 bridgehead atoms. The van der Waals surface area contributed by atoms with Crippen LogP contribution >= 0.6 is 44.6 Å². The molecule has 0 spiro atoms. The number of hydrogen-bond donors (Lipinski definition) is 5. The van der Waals surface area contributed by atoms with Gasteiger partial charge in [0.2, 0.25) is 0 Å². The van der Waals surface area contributed by atoms with E-state index in [4.69, 9.17) is 46.9 Å². The fourth-order valence-corrected chi connectivity index (χ4v) is 16.2. The van der Waals surface area contributed by atoms with E-state index in [2.05, 4.69) is 58.5 Å². The zero-order chi connectivity index (χ0) is 53.7. The number of carbonyl (C=O) groups excluding carboxylic acids is 1. The predicted molar refractivity (Wildman–Crippen MR) is 275 cm³/mol. The molecule has 28 heteroatoms. The Kier molecular flexibility index (Phi) is 15.5. The number of fused-ring (bicyclic) bond motifs is 4. The van der Waals surface area contributed by atoms with Gasteiger partial charge in [-0.25, -0.2) is 9.21 Å². The molecule has 7 heterocycles. The van der Waals surface area contributed by atoms with Crippen LogP contribution in [0.3, 0.4) is 0 Å². The number of aryl methyl sites for hydroxylation is 4. The van der Waals surface area contributed by atoms with Crippen LogP contribution in [0, 0.1) is 11.8 Å². The van der Waals surface area contributed by atoms with E-state index in [9.17, 15) is 47.8 Å². The number of rotatable bonds is 17. The Balaban J connectivity index is 0.852. The normalized spacial score (nSPS) is 18.3. The molecule has 1 amide bonds. The van der Waals surface area contributed by atoms with Crippen molar-refractivity contribution in [1.29, 1.82) is 0 Å².